The molecule has 0 spiro atoms. The van der Waals surface area contributed by atoms with Crippen molar-refractivity contribution in [1.82, 2.24) is 9.97 Å². The number of aromatic nitrogens is 2. The third kappa shape index (κ3) is 4.15. The highest BCUT2D eigenvalue weighted by molar-refractivity contribution is 5.69. The third-order valence-corrected chi connectivity index (χ3v) is 5.36. The van der Waals surface area contributed by atoms with Crippen LogP contribution in [-0.2, 0) is 0 Å². The van der Waals surface area contributed by atoms with Crippen LogP contribution in [0, 0.1) is 5.82 Å². The van der Waals surface area contributed by atoms with E-state index in [0.717, 1.165) is 0 Å². The Hall–Kier alpha value is -3.35. The van der Waals surface area contributed by atoms with Gasteiger partial charge in [0.2, 0.25) is 5.88 Å². The lowest BCUT2D eigenvalue weighted by Crippen LogP contribution is -2.47. The first-order valence-electron chi connectivity index (χ1n) is 10.2. The maximum atomic E-state index is 14.1. The van der Waals surface area contributed by atoms with Gasteiger partial charge in [-0.15, -0.1) is 0 Å². The second-order valence-corrected chi connectivity index (χ2v) is 7.67. The molecular formula is C23H26FN5O. The first-order chi connectivity index (χ1) is 14.5. The normalized spacial score (nSPS) is 14.3. The largest absolute Gasteiger partial charge is 0.437 e. The predicted octanol–water partition coefficient (Wildman–Crippen LogP) is 4.44. The quantitative estimate of drug-likeness (QED) is 0.674. The van der Waals surface area contributed by atoms with Gasteiger partial charge in [0.05, 0.1) is 5.69 Å². The molecule has 156 valence electrons. The molecule has 1 saturated heterocycles. The second kappa shape index (κ2) is 8.57. The lowest BCUT2D eigenvalue weighted by atomic mass is 10.0. The van der Waals surface area contributed by atoms with Gasteiger partial charge in [-0.2, -0.15) is 4.98 Å². The van der Waals surface area contributed by atoms with E-state index in [0.29, 0.717) is 60.9 Å². The number of hydrogen-bond donors (Lipinski definition) is 1. The molecule has 0 saturated carbocycles. The molecule has 6 nitrogen and oxygen atoms in total. The van der Waals surface area contributed by atoms with E-state index in [2.05, 4.69) is 28.7 Å². The van der Waals surface area contributed by atoms with Gasteiger partial charge in [0.15, 0.2) is 5.82 Å². The molecule has 0 amide bonds. The lowest BCUT2D eigenvalue weighted by molar-refractivity contribution is 0.463. The van der Waals surface area contributed by atoms with Crippen LogP contribution >= 0.6 is 0 Å². The Morgan fingerprint density at radius 1 is 0.933 bits per heavy atom. The third-order valence-electron chi connectivity index (χ3n) is 5.36. The molecule has 2 heterocycles. The summed E-state index contributed by atoms with van der Waals surface area (Å²) in [6.45, 7) is 7.01. The lowest BCUT2D eigenvalue weighted by Gasteiger charge is -2.37. The van der Waals surface area contributed by atoms with Gasteiger partial charge in [-0.05, 0) is 35.7 Å². The number of nitrogens with zero attached hydrogens (tertiary/aromatic N) is 4. The van der Waals surface area contributed by atoms with Crippen molar-refractivity contribution in [2.24, 2.45) is 0 Å². The van der Waals surface area contributed by atoms with E-state index in [1.807, 2.05) is 35.2 Å². The Kier molecular flexibility index (Phi) is 5.70. The van der Waals surface area contributed by atoms with E-state index >= 15 is 0 Å². The zero-order valence-electron chi connectivity index (χ0n) is 17.3. The zero-order valence-corrected chi connectivity index (χ0v) is 17.3. The van der Waals surface area contributed by atoms with Crippen molar-refractivity contribution in [3.8, 4) is 11.6 Å². The van der Waals surface area contributed by atoms with Crippen molar-refractivity contribution < 1.29 is 9.13 Å². The van der Waals surface area contributed by atoms with Crippen molar-refractivity contribution in [2.75, 3.05) is 41.7 Å². The number of nitrogen functional groups attached to an aromatic ring is 1. The van der Waals surface area contributed by atoms with Gasteiger partial charge >= 0.3 is 0 Å². The van der Waals surface area contributed by atoms with E-state index < -0.39 is 0 Å². The highest BCUT2D eigenvalue weighted by atomic mass is 19.1. The number of halogens is 1. The molecule has 0 radical (unpaired) electrons. The first-order valence-corrected chi connectivity index (χ1v) is 10.2. The summed E-state index contributed by atoms with van der Waals surface area (Å²) in [5.74, 6) is 1.92. The van der Waals surface area contributed by atoms with Gasteiger partial charge in [0.25, 0.3) is 0 Å². The van der Waals surface area contributed by atoms with Gasteiger partial charge in [0.1, 0.15) is 23.6 Å². The van der Waals surface area contributed by atoms with Crippen LogP contribution in [0.1, 0.15) is 25.3 Å². The smallest absolute Gasteiger partial charge is 0.248 e. The first kappa shape index (κ1) is 19.9. The maximum absolute atomic E-state index is 14.1. The number of ether oxygens (including phenoxy) is 1. The van der Waals surface area contributed by atoms with Crippen LogP contribution in [0.3, 0.4) is 0 Å². The Balaban J connectivity index is 1.46. The molecule has 0 unspecified atom stereocenters. The number of hydrogen-bond acceptors (Lipinski definition) is 6. The summed E-state index contributed by atoms with van der Waals surface area (Å²) < 4.78 is 20.0. The molecule has 1 aliphatic rings. The Labute approximate surface area is 176 Å². The van der Waals surface area contributed by atoms with Crippen LogP contribution in [0.2, 0.25) is 0 Å². The number of rotatable bonds is 5. The minimum atomic E-state index is -0.202. The minimum Gasteiger partial charge on any atom is -0.437 e. The summed E-state index contributed by atoms with van der Waals surface area (Å²) in [4.78, 5) is 12.7. The fourth-order valence-electron chi connectivity index (χ4n) is 3.60. The number of piperazine rings is 1. The monoisotopic (exact) mass is 407 g/mol. The number of para-hydroxylation sites is 1. The van der Waals surface area contributed by atoms with Crippen molar-refractivity contribution in [3.05, 3.63) is 66.2 Å². The molecule has 0 atom stereocenters. The van der Waals surface area contributed by atoms with Crippen LogP contribution in [-0.4, -0.2) is 36.1 Å². The summed E-state index contributed by atoms with van der Waals surface area (Å²) in [5.41, 5.74) is 8.62. The van der Waals surface area contributed by atoms with E-state index in [9.17, 15) is 4.39 Å². The molecule has 0 bridgehead atoms. The second-order valence-electron chi connectivity index (χ2n) is 7.67. The van der Waals surface area contributed by atoms with E-state index in [-0.39, 0.29) is 5.82 Å². The van der Waals surface area contributed by atoms with Gasteiger partial charge in [-0.25, -0.2) is 9.37 Å². The fourth-order valence-corrected chi connectivity index (χ4v) is 3.60. The molecule has 2 N–H and O–H groups in total. The number of nitrogens with two attached hydrogens (primary N) is 1. The molecule has 7 heteroatoms. The van der Waals surface area contributed by atoms with Crippen LogP contribution < -0.4 is 20.3 Å². The minimum absolute atomic E-state index is 0.202. The number of benzene rings is 2. The van der Waals surface area contributed by atoms with E-state index in [4.69, 9.17) is 10.5 Å². The SMILES string of the molecule is CC(C)c1ccc(Oc2ncnc(N3CCN(c4ccccc4F)CC3)c2N)cc1. The van der Waals surface area contributed by atoms with Crippen molar-refractivity contribution in [2.45, 2.75) is 19.8 Å². The van der Waals surface area contributed by atoms with Gasteiger partial charge in [0, 0.05) is 26.2 Å². The van der Waals surface area contributed by atoms with E-state index in [1.54, 1.807) is 12.1 Å². The van der Waals surface area contributed by atoms with Crippen LogP contribution in [0.15, 0.2) is 54.9 Å². The average Bonchev–Trinajstić information content (AvgIpc) is 2.76. The molecule has 0 aliphatic carbocycles. The van der Waals surface area contributed by atoms with Crippen LogP contribution in [0.4, 0.5) is 21.6 Å². The van der Waals surface area contributed by atoms with Gasteiger partial charge in [-0.3, -0.25) is 0 Å². The molecular weight excluding hydrogens is 381 g/mol. The Morgan fingerprint density at radius 2 is 1.60 bits per heavy atom. The molecule has 4 rings (SSSR count). The van der Waals surface area contributed by atoms with Crippen molar-refractivity contribution in [1.29, 1.82) is 0 Å². The number of anilines is 3. The van der Waals surface area contributed by atoms with Crippen LogP contribution in [0.5, 0.6) is 11.6 Å². The highest BCUT2D eigenvalue weighted by Crippen LogP contribution is 2.33. The standard InChI is InChI=1S/C23H26FN5O/c1-16(2)17-7-9-18(10-8-17)30-23-21(25)22(26-15-27-23)29-13-11-28(12-14-29)20-6-4-3-5-19(20)24/h3-10,15-16H,11-14,25H2,1-2H3. The highest BCUT2D eigenvalue weighted by Gasteiger charge is 2.23. The van der Waals surface area contributed by atoms with Crippen LogP contribution in [0.25, 0.3) is 0 Å². The van der Waals surface area contributed by atoms with Crippen molar-refractivity contribution >= 4 is 17.2 Å². The zero-order chi connectivity index (χ0) is 21.1. The van der Waals surface area contributed by atoms with Gasteiger partial charge in [-0.1, -0.05) is 38.1 Å². The van der Waals surface area contributed by atoms with Crippen molar-refractivity contribution in [3.63, 3.8) is 0 Å². The summed E-state index contributed by atoms with van der Waals surface area (Å²) in [5, 5.41) is 0. The Morgan fingerprint density at radius 3 is 2.27 bits per heavy atom. The fraction of sp³-hybridized carbons (Fsp3) is 0.304. The summed E-state index contributed by atoms with van der Waals surface area (Å²) in [6, 6.07) is 14.8. The molecule has 1 aliphatic heterocycles. The Bertz CT molecular complexity index is 1000. The molecule has 30 heavy (non-hydrogen) atoms. The maximum Gasteiger partial charge on any atom is 0.248 e. The van der Waals surface area contributed by atoms with Gasteiger partial charge < -0.3 is 20.3 Å². The molecule has 1 aromatic heterocycles. The molecule has 2 aromatic carbocycles. The topological polar surface area (TPSA) is 67.5 Å². The predicted molar refractivity (Wildman–Crippen MR) is 118 cm³/mol. The summed E-state index contributed by atoms with van der Waals surface area (Å²) >= 11 is 0. The summed E-state index contributed by atoms with van der Waals surface area (Å²) in [6.07, 6.45) is 1.47. The molecule has 3 aromatic rings. The van der Waals surface area contributed by atoms with E-state index in [1.165, 1.54) is 18.0 Å². The average molecular weight is 407 g/mol. The molecule has 1 fully saturated rings. The summed E-state index contributed by atoms with van der Waals surface area (Å²) in [7, 11) is 0.